The van der Waals surface area contributed by atoms with Crippen LogP contribution in [0.25, 0.3) is 0 Å². The minimum absolute atomic E-state index is 0.389. The molecule has 86 valence electrons. The molecule has 0 aliphatic rings. The number of benzene rings is 1. The molecular formula is C11H13NO3S. The van der Waals surface area contributed by atoms with Crippen molar-refractivity contribution in [2.45, 2.75) is 12.5 Å². The molecule has 0 bridgehead atoms. The quantitative estimate of drug-likeness (QED) is 0.617. The average molecular weight is 239 g/mol. The Kier molecular flexibility index (Phi) is 4.85. The van der Waals surface area contributed by atoms with E-state index in [2.05, 4.69) is 22.7 Å². The van der Waals surface area contributed by atoms with Gasteiger partial charge in [0.25, 0.3) is 5.24 Å². The summed E-state index contributed by atoms with van der Waals surface area (Å²) in [7, 11) is 1.28. The highest BCUT2D eigenvalue weighted by molar-refractivity contribution is 7.96. The number of amides is 1. The Balaban J connectivity index is 2.70. The Bertz CT molecular complexity index is 367. The molecule has 1 unspecified atom stereocenters. The molecule has 1 N–H and O–H groups in total. The first-order valence-electron chi connectivity index (χ1n) is 4.74. The highest BCUT2D eigenvalue weighted by Gasteiger charge is 2.20. The zero-order valence-electron chi connectivity index (χ0n) is 8.84. The molecule has 0 radical (unpaired) electrons. The van der Waals surface area contributed by atoms with E-state index in [0.29, 0.717) is 6.42 Å². The van der Waals surface area contributed by atoms with E-state index >= 15 is 0 Å². The highest BCUT2D eigenvalue weighted by Crippen LogP contribution is 2.04. The number of hydrogen-bond donors (Lipinski definition) is 2. The molecule has 16 heavy (non-hydrogen) atoms. The van der Waals surface area contributed by atoms with Crippen molar-refractivity contribution >= 4 is 23.8 Å². The molecular weight excluding hydrogens is 226 g/mol. The summed E-state index contributed by atoms with van der Waals surface area (Å²) in [4.78, 5) is 22.2. The summed E-state index contributed by atoms with van der Waals surface area (Å²) >= 11 is 3.58. The van der Waals surface area contributed by atoms with E-state index in [0.717, 1.165) is 5.56 Å². The van der Waals surface area contributed by atoms with Gasteiger partial charge in [-0.15, -0.1) is 0 Å². The Morgan fingerprint density at radius 1 is 1.38 bits per heavy atom. The Labute approximate surface area is 99.4 Å². The molecule has 1 rings (SSSR count). The van der Waals surface area contributed by atoms with E-state index in [-0.39, 0.29) is 0 Å². The zero-order valence-corrected chi connectivity index (χ0v) is 9.74. The SMILES string of the molecule is COC(=O)C(Cc1ccccc1)NC(=O)S. The van der Waals surface area contributed by atoms with E-state index in [1.165, 1.54) is 7.11 Å². The predicted molar refractivity (Wildman–Crippen MR) is 63.5 cm³/mol. The highest BCUT2D eigenvalue weighted by atomic mass is 32.1. The molecule has 0 aliphatic carbocycles. The van der Waals surface area contributed by atoms with Gasteiger partial charge in [-0.05, 0) is 5.56 Å². The lowest BCUT2D eigenvalue weighted by atomic mass is 10.1. The fraction of sp³-hybridized carbons (Fsp3) is 0.273. The third-order valence-electron chi connectivity index (χ3n) is 2.07. The molecule has 0 aromatic heterocycles. The zero-order chi connectivity index (χ0) is 12.0. The van der Waals surface area contributed by atoms with Crippen LogP contribution >= 0.6 is 12.6 Å². The fourth-order valence-corrected chi connectivity index (χ4v) is 1.49. The number of rotatable bonds is 4. The van der Waals surface area contributed by atoms with Crippen molar-refractivity contribution in [3.05, 3.63) is 35.9 Å². The minimum atomic E-state index is -0.697. The molecule has 4 nitrogen and oxygen atoms in total. The standard InChI is InChI=1S/C11H13NO3S/c1-15-10(13)9(12-11(14)16)7-8-5-3-2-4-6-8/h2-6,9H,7H2,1H3,(H2,12,14,16). The second kappa shape index (κ2) is 6.17. The fourth-order valence-electron chi connectivity index (χ4n) is 1.33. The van der Waals surface area contributed by atoms with Gasteiger partial charge in [-0.3, -0.25) is 4.79 Å². The molecule has 0 saturated heterocycles. The number of thiol groups is 1. The number of ether oxygens (including phenoxy) is 1. The van der Waals surface area contributed by atoms with Gasteiger partial charge in [0.2, 0.25) is 0 Å². The van der Waals surface area contributed by atoms with Crippen molar-refractivity contribution in [1.29, 1.82) is 0 Å². The van der Waals surface area contributed by atoms with E-state index in [4.69, 9.17) is 0 Å². The molecule has 1 amide bonds. The molecule has 0 saturated carbocycles. The van der Waals surface area contributed by atoms with Crippen LogP contribution in [0, 0.1) is 0 Å². The van der Waals surface area contributed by atoms with Crippen molar-refractivity contribution in [2.24, 2.45) is 0 Å². The van der Waals surface area contributed by atoms with Crippen LogP contribution in [0.3, 0.4) is 0 Å². The maximum Gasteiger partial charge on any atom is 0.328 e. The first-order valence-corrected chi connectivity index (χ1v) is 5.19. The number of methoxy groups -OCH3 is 1. The molecule has 1 aromatic carbocycles. The number of nitrogens with one attached hydrogen (secondary N) is 1. The van der Waals surface area contributed by atoms with Crippen molar-refractivity contribution in [2.75, 3.05) is 7.11 Å². The smallest absolute Gasteiger partial charge is 0.328 e. The van der Waals surface area contributed by atoms with Crippen LogP contribution < -0.4 is 5.32 Å². The second-order valence-electron chi connectivity index (χ2n) is 3.21. The molecule has 0 aliphatic heterocycles. The van der Waals surface area contributed by atoms with Gasteiger partial charge >= 0.3 is 5.97 Å². The Hall–Kier alpha value is -1.49. The van der Waals surface area contributed by atoms with E-state index < -0.39 is 17.3 Å². The van der Waals surface area contributed by atoms with E-state index in [9.17, 15) is 9.59 Å². The summed E-state index contributed by atoms with van der Waals surface area (Å²) in [5.41, 5.74) is 0.944. The summed E-state index contributed by atoms with van der Waals surface area (Å²) in [6.07, 6.45) is 0.389. The van der Waals surface area contributed by atoms with Crippen LogP contribution in [0.5, 0.6) is 0 Å². The molecule has 5 heteroatoms. The number of carbonyl (C=O) groups is 2. The van der Waals surface area contributed by atoms with Crippen molar-refractivity contribution < 1.29 is 14.3 Å². The third-order valence-corrected chi connectivity index (χ3v) is 2.20. The minimum Gasteiger partial charge on any atom is -0.467 e. The summed E-state index contributed by atoms with van der Waals surface area (Å²) in [6.45, 7) is 0. The van der Waals surface area contributed by atoms with E-state index in [1.54, 1.807) is 0 Å². The van der Waals surface area contributed by atoms with Gasteiger partial charge in [-0.25, -0.2) is 4.79 Å². The van der Waals surface area contributed by atoms with Crippen LogP contribution in [-0.2, 0) is 16.0 Å². The first kappa shape index (κ1) is 12.6. The topological polar surface area (TPSA) is 55.4 Å². The molecule has 1 aromatic rings. The predicted octanol–water partition coefficient (Wildman–Crippen LogP) is 1.41. The van der Waals surface area contributed by atoms with Crippen molar-refractivity contribution in [3.8, 4) is 0 Å². The number of esters is 1. The van der Waals surface area contributed by atoms with Crippen LogP contribution in [0.1, 0.15) is 5.56 Å². The lowest BCUT2D eigenvalue weighted by molar-refractivity contribution is -0.142. The summed E-state index contributed by atoms with van der Waals surface area (Å²) < 4.78 is 4.60. The Morgan fingerprint density at radius 3 is 2.50 bits per heavy atom. The van der Waals surface area contributed by atoms with Crippen molar-refractivity contribution in [1.82, 2.24) is 5.32 Å². The number of carbonyl (C=O) groups excluding carboxylic acids is 2. The maximum atomic E-state index is 11.4. The molecule has 1 atom stereocenters. The van der Waals surface area contributed by atoms with Crippen LogP contribution in [0.2, 0.25) is 0 Å². The van der Waals surface area contributed by atoms with Gasteiger partial charge in [0.05, 0.1) is 7.11 Å². The first-order chi connectivity index (χ1) is 7.63. The molecule has 0 fully saturated rings. The molecule has 0 spiro atoms. The van der Waals surface area contributed by atoms with Gasteiger partial charge in [0.15, 0.2) is 0 Å². The Morgan fingerprint density at radius 2 is 2.00 bits per heavy atom. The van der Waals surface area contributed by atoms with Gasteiger partial charge in [0, 0.05) is 6.42 Å². The maximum absolute atomic E-state index is 11.4. The van der Waals surface area contributed by atoms with Gasteiger partial charge in [-0.1, -0.05) is 43.0 Å². The summed E-state index contributed by atoms with van der Waals surface area (Å²) in [6, 6.07) is 8.67. The van der Waals surface area contributed by atoms with Gasteiger partial charge < -0.3 is 10.1 Å². The lowest BCUT2D eigenvalue weighted by Crippen LogP contribution is -2.40. The van der Waals surface area contributed by atoms with E-state index in [1.807, 2.05) is 30.3 Å². The van der Waals surface area contributed by atoms with Crippen LogP contribution in [0.4, 0.5) is 4.79 Å². The number of hydrogen-bond acceptors (Lipinski definition) is 3. The largest absolute Gasteiger partial charge is 0.467 e. The van der Waals surface area contributed by atoms with Crippen LogP contribution in [-0.4, -0.2) is 24.4 Å². The van der Waals surface area contributed by atoms with Crippen molar-refractivity contribution in [3.63, 3.8) is 0 Å². The molecule has 0 heterocycles. The third kappa shape index (κ3) is 3.94. The lowest BCUT2D eigenvalue weighted by Gasteiger charge is -2.14. The average Bonchev–Trinajstić information content (AvgIpc) is 2.28. The second-order valence-corrected chi connectivity index (χ2v) is 3.62. The summed E-state index contributed by atoms with van der Waals surface area (Å²) in [5, 5.41) is 1.88. The monoisotopic (exact) mass is 239 g/mol. The van der Waals surface area contributed by atoms with Gasteiger partial charge in [-0.2, -0.15) is 0 Å². The van der Waals surface area contributed by atoms with Gasteiger partial charge in [0.1, 0.15) is 6.04 Å². The van der Waals surface area contributed by atoms with Crippen LogP contribution in [0.15, 0.2) is 30.3 Å². The summed E-state index contributed by atoms with van der Waals surface area (Å²) in [5.74, 6) is -0.480. The normalized spacial score (nSPS) is 11.6.